The van der Waals surface area contributed by atoms with E-state index in [-0.39, 0.29) is 12.1 Å². The molecular formula is C16H22N2O. The summed E-state index contributed by atoms with van der Waals surface area (Å²) in [6.45, 7) is 1.90. The minimum Gasteiger partial charge on any atom is -0.334 e. The van der Waals surface area contributed by atoms with Crippen molar-refractivity contribution < 1.29 is 4.79 Å². The molecule has 19 heavy (non-hydrogen) atoms. The molecule has 1 amide bonds. The molecule has 0 aliphatic carbocycles. The number of benzene rings is 1. The van der Waals surface area contributed by atoms with Crippen molar-refractivity contribution in [2.45, 2.75) is 44.2 Å². The first-order valence-corrected chi connectivity index (χ1v) is 7.45. The minimum absolute atomic E-state index is 0.0538. The van der Waals surface area contributed by atoms with Crippen molar-refractivity contribution >= 4 is 5.91 Å². The second kappa shape index (κ2) is 5.74. The number of carbonyl (C=O) groups is 1. The Morgan fingerprint density at radius 3 is 2.68 bits per heavy atom. The molecule has 2 aliphatic heterocycles. The first kappa shape index (κ1) is 12.7. The summed E-state index contributed by atoms with van der Waals surface area (Å²) < 4.78 is 0. The van der Waals surface area contributed by atoms with Crippen LogP contribution in [-0.2, 0) is 4.79 Å². The predicted octanol–water partition coefficient (Wildman–Crippen LogP) is 2.49. The van der Waals surface area contributed by atoms with E-state index >= 15 is 0 Å². The third kappa shape index (κ3) is 2.66. The summed E-state index contributed by atoms with van der Waals surface area (Å²) in [5.41, 5.74) is 1.28. The summed E-state index contributed by atoms with van der Waals surface area (Å²) in [4.78, 5) is 14.7. The summed E-state index contributed by atoms with van der Waals surface area (Å²) in [5, 5.41) is 3.38. The Morgan fingerprint density at radius 1 is 1.11 bits per heavy atom. The lowest BCUT2D eigenvalue weighted by atomic mass is 10.0. The number of amides is 1. The molecule has 1 aromatic carbocycles. The maximum Gasteiger partial charge on any atom is 0.240 e. The fourth-order valence-electron chi connectivity index (χ4n) is 3.32. The van der Waals surface area contributed by atoms with E-state index in [1.807, 2.05) is 6.07 Å². The predicted molar refractivity (Wildman–Crippen MR) is 75.8 cm³/mol. The smallest absolute Gasteiger partial charge is 0.240 e. The first-order chi connectivity index (χ1) is 9.36. The Bertz CT molecular complexity index is 426. The number of hydrogen-bond acceptors (Lipinski definition) is 2. The number of carbonyl (C=O) groups excluding carboxylic acids is 1. The highest BCUT2D eigenvalue weighted by molar-refractivity contribution is 5.82. The van der Waals surface area contributed by atoms with Crippen LogP contribution in [0.5, 0.6) is 0 Å². The molecule has 102 valence electrons. The molecule has 0 spiro atoms. The fraction of sp³-hybridized carbons (Fsp3) is 0.562. The van der Waals surface area contributed by atoms with E-state index in [9.17, 15) is 4.79 Å². The topological polar surface area (TPSA) is 32.3 Å². The van der Waals surface area contributed by atoms with E-state index in [4.69, 9.17) is 0 Å². The largest absolute Gasteiger partial charge is 0.334 e. The molecule has 0 bridgehead atoms. The monoisotopic (exact) mass is 258 g/mol. The number of piperidine rings is 1. The van der Waals surface area contributed by atoms with Gasteiger partial charge in [0.05, 0.1) is 12.1 Å². The Morgan fingerprint density at radius 2 is 1.95 bits per heavy atom. The van der Waals surface area contributed by atoms with Crippen LogP contribution in [0.3, 0.4) is 0 Å². The molecule has 3 rings (SSSR count). The van der Waals surface area contributed by atoms with Crippen LogP contribution >= 0.6 is 0 Å². The van der Waals surface area contributed by atoms with Gasteiger partial charge in [-0.15, -0.1) is 0 Å². The number of nitrogens with one attached hydrogen (secondary N) is 1. The van der Waals surface area contributed by atoms with Crippen LogP contribution in [-0.4, -0.2) is 29.9 Å². The van der Waals surface area contributed by atoms with E-state index in [0.717, 1.165) is 32.4 Å². The quantitative estimate of drug-likeness (QED) is 0.884. The average Bonchev–Trinajstić information content (AvgIpc) is 2.98. The van der Waals surface area contributed by atoms with Crippen molar-refractivity contribution in [1.82, 2.24) is 10.2 Å². The van der Waals surface area contributed by atoms with Crippen molar-refractivity contribution in [3.8, 4) is 0 Å². The molecule has 3 nitrogen and oxygen atoms in total. The highest BCUT2D eigenvalue weighted by Crippen LogP contribution is 2.32. The molecular weight excluding hydrogens is 236 g/mol. The standard InChI is InChI=1S/C16H22N2O/c19-16(14-9-4-5-11-17-14)18-12-6-10-15(18)13-7-2-1-3-8-13/h1-3,7-8,14-15,17H,4-6,9-12H2/t14-,15?/m0/s1. The van der Waals surface area contributed by atoms with Gasteiger partial charge in [0, 0.05) is 6.54 Å². The second-order valence-electron chi connectivity index (χ2n) is 5.60. The molecule has 1 N–H and O–H groups in total. The number of likely N-dealkylation sites (tertiary alicyclic amines) is 1. The molecule has 2 atom stereocenters. The molecule has 1 unspecified atom stereocenters. The molecule has 0 saturated carbocycles. The number of nitrogens with zero attached hydrogens (tertiary/aromatic N) is 1. The van der Waals surface area contributed by atoms with Gasteiger partial charge < -0.3 is 10.2 Å². The lowest BCUT2D eigenvalue weighted by molar-refractivity contribution is -0.135. The molecule has 0 radical (unpaired) electrons. The SMILES string of the molecule is O=C([C@@H]1CCCCN1)N1CCCC1c1ccccc1. The molecule has 0 aromatic heterocycles. The lowest BCUT2D eigenvalue weighted by Gasteiger charge is -2.31. The average molecular weight is 258 g/mol. The van der Waals surface area contributed by atoms with Crippen molar-refractivity contribution in [1.29, 1.82) is 0 Å². The van der Waals surface area contributed by atoms with Gasteiger partial charge in [-0.3, -0.25) is 4.79 Å². The second-order valence-corrected chi connectivity index (χ2v) is 5.60. The maximum absolute atomic E-state index is 12.6. The van der Waals surface area contributed by atoms with Crippen molar-refractivity contribution in [2.24, 2.45) is 0 Å². The van der Waals surface area contributed by atoms with Crippen LogP contribution in [0.4, 0.5) is 0 Å². The van der Waals surface area contributed by atoms with E-state index < -0.39 is 0 Å². The Labute approximate surface area is 115 Å². The molecule has 2 heterocycles. The van der Waals surface area contributed by atoms with Gasteiger partial charge in [-0.1, -0.05) is 36.8 Å². The van der Waals surface area contributed by atoms with Gasteiger partial charge in [0.1, 0.15) is 0 Å². The Hall–Kier alpha value is -1.35. The first-order valence-electron chi connectivity index (χ1n) is 7.45. The van der Waals surface area contributed by atoms with E-state index in [2.05, 4.69) is 34.5 Å². The minimum atomic E-state index is 0.0538. The summed E-state index contributed by atoms with van der Waals surface area (Å²) in [5.74, 6) is 0.311. The van der Waals surface area contributed by atoms with Crippen LogP contribution in [0.15, 0.2) is 30.3 Å². The Balaban J connectivity index is 1.74. The third-order valence-corrected chi connectivity index (χ3v) is 4.33. The van der Waals surface area contributed by atoms with Crippen molar-refractivity contribution in [3.05, 3.63) is 35.9 Å². The highest BCUT2D eigenvalue weighted by atomic mass is 16.2. The lowest BCUT2D eigenvalue weighted by Crippen LogP contribution is -2.48. The van der Waals surface area contributed by atoms with Crippen LogP contribution in [0, 0.1) is 0 Å². The Kier molecular flexibility index (Phi) is 3.83. The van der Waals surface area contributed by atoms with E-state index in [1.165, 1.54) is 18.4 Å². The van der Waals surface area contributed by atoms with Gasteiger partial charge >= 0.3 is 0 Å². The fourth-order valence-corrected chi connectivity index (χ4v) is 3.32. The molecule has 1 aromatic rings. The van der Waals surface area contributed by atoms with Crippen LogP contribution in [0.1, 0.15) is 43.7 Å². The zero-order valence-corrected chi connectivity index (χ0v) is 11.3. The normalized spacial score (nSPS) is 27.5. The van der Waals surface area contributed by atoms with E-state index in [0.29, 0.717) is 5.91 Å². The number of hydrogen-bond donors (Lipinski definition) is 1. The summed E-state index contributed by atoms with van der Waals surface area (Å²) in [6, 6.07) is 10.8. The molecule has 2 aliphatic rings. The maximum atomic E-state index is 12.6. The summed E-state index contributed by atoms with van der Waals surface area (Å²) in [6.07, 6.45) is 5.59. The third-order valence-electron chi connectivity index (χ3n) is 4.33. The van der Waals surface area contributed by atoms with Gasteiger partial charge in [0.25, 0.3) is 0 Å². The number of rotatable bonds is 2. The summed E-state index contributed by atoms with van der Waals surface area (Å²) in [7, 11) is 0. The molecule has 2 saturated heterocycles. The zero-order chi connectivity index (χ0) is 13.1. The van der Waals surface area contributed by atoms with Gasteiger partial charge in [-0.25, -0.2) is 0 Å². The van der Waals surface area contributed by atoms with Crippen LogP contribution in [0.25, 0.3) is 0 Å². The van der Waals surface area contributed by atoms with Crippen LogP contribution < -0.4 is 5.32 Å². The van der Waals surface area contributed by atoms with Crippen molar-refractivity contribution in [2.75, 3.05) is 13.1 Å². The van der Waals surface area contributed by atoms with Gasteiger partial charge in [0.15, 0.2) is 0 Å². The zero-order valence-electron chi connectivity index (χ0n) is 11.3. The van der Waals surface area contributed by atoms with Gasteiger partial charge in [-0.2, -0.15) is 0 Å². The molecule has 2 fully saturated rings. The van der Waals surface area contributed by atoms with Crippen LogP contribution in [0.2, 0.25) is 0 Å². The van der Waals surface area contributed by atoms with Gasteiger partial charge in [-0.05, 0) is 37.8 Å². The van der Waals surface area contributed by atoms with E-state index in [1.54, 1.807) is 0 Å². The highest BCUT2D eigenvalue weighted by Gasteiger charge is 2.34. The van der Waals surface area contributed by atoms with Crippen molar-refractivity contribution in [3.63, 3.8) is 0 Å². The van der Waals surface area contributed by atoms with Gasteiger partial charge in [0.2, 0.25) is 5.91 Å². The summed E-state index contributed by atoms with van der Waals surface area (Å²) >= 11 is 0. The molecule has 3 heteroatoms.